The van der Waals surface area contributed by atoms with E-state index < -0.39 is 5.97 Å². The van der Waals surface area contributed by atoms with Crippen LogP contribution in [0.3, 0.4) is 0 Å². The molecule has 0 bridgehead atoms. The molecule has 1 saturated heterocycles. The van der Waals surface area contributed by atoms with Gasteiger partial charge in [0.25, 0.3) is 0 Å². The van der Waals surface area contributed by atoms with Crippen molar-refractivity contribution < 1.29 is 9.90 Å². The third kappa shape index (κ3) is 6.86. The Hall–Kier alpha value is -2.64. The van der Waals surface area contributed by atoms with Crippen LogP contribution in [0.1, 0.15) is 59.3 Å². The zero-order valence-electron chi connectivity index (χ0n) is 22.3. The van der Waals surface area contributed by atoms with Crippen LogP contribution in [0.2, 0.25) is 10.0 Å². The molecule has 2 heterocycles. The molecule has 2 aromatic carbocycles. The van der Waals surface area contributed by atoms with Crippen LogP contribution in [0.25, 0.3) is 0 Å². The fourth-order valence-corrected chi connectivity index (χ4v) is 5.49. The minimum Gasteiger partial charge on any atom is -0.478 e. The van der Waals surface area contributed by atoms with Crippen LogP contribution in [0.15, 0.2) is 54.7 Å². The second-order valence-corrected chi connectivity index (χ2v) is 11.0. The van der Waals surface area contributed by atoms with E-state index in [0.717, 1.165) is 56.9 Å². The van der Waals surface area contributed by atoms with Gasteiger partial charge in [-0.1, -0.05) is 74.3 Å². The molecule has 38 heavy (non-hydrogen) atoms. The fourth-order valence-electron chi connectivity index (χ4n) is 4.98. The Bertz CT molecular complexity index is 1220. The van der Waals surface area contributed by atoms with E-state index in [1.165, 1.54) is 11.1 Å². The Balaban J connectivity index is 1.33. The van der Waals surface area contributed by atoms with Gasteiger partial charge in [-0.3, -0.25) is 9.80 Å². The number of hydrogen-bond donors (Lipinski definition) is 1. The zero-order valence-corrected chi connectivity index (χ0v) is 23.8. The van der Waals surface area contributed by atoms with E-state index in [2.05, 4.69) is 50.9 Å². The molecule has 0 spiro atoms. The molecule has 0 unspecified atom stereocenters. The largest absolute Gasteiger partial charge is 0.478 e. The first-order valence-electron chi connectivity index (χ1n) is 13.2. The van der Waals surface area contributed by atoms with E-state index in [9.17, 15) is 9.90 Å². The molecule has 1 N–H and O–H groups in total. The molecule has 1 aromatic heterocycles. The lowest BCUT2D eigenvalue weighted by molar-refractivity contribution is 0.0695. The number of benzene rings is 2. The molecule has 8 heteroatoms. The topological polar surface area (TPSA) is 59.9 Å². The van der Waals surface area contributed by atoms with Gasteiger partial charge in [0.05, 0.1) is 0 Å². The Labute approximate surface area is 235 Å². The Morgan fingerprint density at radius 1 is 0.974 bits per heavy atom. The maximum Gasteiger partial charge on any atom is 0.339 e. The average Bonchev–Trinajstić information content (AvgIpc) is 2.91. The summed E-state index contributed by atoms with van der Waals surface area (Å²) in [5, 5.41) is 11.3. The van der Waals surface area contributed by atoms with E-state index in [-0.39, 0.29) is 5.92 Å². The Kier molecular flexibility index (Phi) is 9.66. The van der Waals surface area contributed by atoms with E-state index in [4.69, 9.17) is 23.2 Å². The molecule has 4 rings (SSSR count). The van der Waals surface area contributed by atoms with Gasteiger partial charge >= 0.3 is 5.97 Å². The summed E-state index contributed by atoms with van der Waals surface area (Å²) >= 11 is 12.8. The number of carboxylic acids is 1. The van der Waals surface area contributed by atoms with Crippen LogP contribution >= 0.6 is 23.2 Å². The lowest BCUT2D eigenvalue weighted by Crippen LogP contribution is -2.46. The van der Waals surface area contributed by atoms with Gasteiger partial charge in [-0.05, 0) is 47.4 Å². The second kappa shape index (κ2) is 12.9. The van der Waals surface area contributed by atoms with Crippen molar-refractivity contribution in [3.8, 4) is 0 Å². The number of halogens is 2. The summed E-state index contributed by atoms with van der Waals surface area (Å²) in [5.74, 6) is -0.187. The monoisotopic (exact) mass is 554 g/mol. The minimum absolute atomic E-state index is 0.130. The van der Waals surface area contributed by atoms with Gasteiger partial charge in [0.2, 0.25) is 0 Å². The molecule has 1 fully saturated rings. The molecule has 0 saturated carbocycles. The fraction of sp³-hybridized carbons (Fsp3) is 0.400. The first-order valence-corrected chi connectivity index (χ1v) is 13.9. The molecule has 0 aliphatic carbocycles. The first kappa shape index (κ1) is 28.4. The number of carboxylic acid groups (broad SMARTS) is 1. The highest BCUT2D eigenvalue weighted by Crippen LogP contribution is 2.28. The molecule has 6 nitrogen and oxygen atoms in total. The Morgan fingerprint density at radius 3 is 2.18 bits per heavy atom. The highest BCUT2D eigenvalue weighted by Gasteiger charge is 2.25. The van der Waals surface area contributed by atoms with Crippen molar-refractivity contribution in [1.82, 2.24) is 14.8 Å². The van der Waals surface area contributed by atoms with Gasteiger partial charge < -0.3 is 10.0 Å². The van der Waals surface area contributed by atoms with Crippen LogP contribution in [0.5, 0.6) is 0 Å². The van der Waals surface area contributed by atoms with Gasteiger partial charge in [-0.25, -0.2) is 9.78 Å². The van der Waals surface area contributed by atoms with Crippen molar-refractivity contribution in [3.63, 3.8) is 0 Å². The van der Waals surface area contributed by atoms with Crippen LogP contribution < -0.4 is 4.90 Å². The molecule has 3 aromatic rings. The molecule has 202 valence electrons. The molecule has 0 atom stereocenters. The maximum absolute atomic E-state index is 12.0. The van der Waals surface area contributed by atoms with Crippen LogP contribution in [-0.2, 0) is 19.6 Å². The van der Waals surface area contributed by atoms with E-state index in [1.54, 1.807) is 6.20 Å². The van der Waals surface area contributed by atoms with Crippen molar-refractivity contribution in [2.45, 2.75) is 46.3 Å². The summed E-state index contributed by atoms with van der Waals surface area (Å²) in [6, 6.07) is 16.3. The summed E-state index contributed by atoms with van der Waals surface area (Å²) in [4.78, 5) is 23.3. The van der Waals surface area contributed by atoms with E-state index in [0.29, 0.717) is 28.0 Å². The predicted octanol–water partition coefficient (Wildman–Crippen LogP) is 6.55. The highest BCUT2D eigenvalue weighted by atomic mass is 35.5. The zero-order chi connectivity index (χ0) is 27.2. The number of nitrogens with zero attached hydrogens (tertiary/aromatic N) is 4. The number of anilines is 1. The van der Waals surface area contributed by atoms with Crippen molar-refractivity contribution in [2.24, 2.45) is 0 Å². The van der Waals surface area contributed by atoms with Crippen LogP contribution in [0.4, 0.5) is 5.82 Å². The smallest absolute Gasteiger partial charge is 0.339 e. The van der Waals surface area contributed by atoms with E-state index in [1.807, 2.05) is 38.1 Å². The van der Waals surface area contributed by atoms with Crippen molar-refractivity contribution in [1.29, 1.82) is 0 Å². The standard InChI is InChI=1S/C30H36Cl2N4O2/c1-4-34(20-25-26(31)6-5-7-27(25)32)18-22-8-10-23(11-9-22)19-35-14-16-36(17-15-35)29-28(30(37)38)24(21(2)3)12-13-33-29/h5-13,21H,4,14-20H2,1-3H3,(H,37,38). The summed E-state index contributed by atoms with van der Waals surface area (Å²) in [7, 11) is 0. The van der Waals surface area contributed by atoms with Gasteiger partial charge in [-0.2, -0.15) is 0 Å². The minimum atomic E-state index is -0.907. The van der Waals surface area contributed by atoms with Gasteiger partial charge in [0.15, 0.2) is 0 Å². The molecular formula is C30H36Cl2N4O2. The number of carbonyl (C=O) groups is 1. The SMILES string of the molecule is CCN(Cc1ccc(CN2CCN(c3nccc(C(C)C)c3C(=O)O)CC2)cc1)Cc1c(Cl)cccc1Cl. The van der Waals surface area contributed by atoms with Crippen molar-refractivity contribution in [2.75, 3.05) is 37.6 Å². The quantitative estimate of drug-likeness (QED) is 0.306. The number of aromatic nitrogens is 1. The Morgan fingerprint density at radius 2 is 1.61 bits per heavy atom. The number of piperazine rings is 1. The summed E-state index contributed by atoms with van der Waals surface area (Å²) in [6.07, 6.45) is 1.73. The number of rotatable bonds is 10. The van der Waals surface area contributed by atoms with Crippen LogP contribution in [0, 0.1) is 0 Å². The second-order valence-electron chi connectivity index (χ2n) is 10.1. The predicted molar refractivity (Wildman–Crippen MR) is 155 cm³/mol. The number of aromatic carboxylic acids is 1. The molecule has 0 radical (unpaired) electrons. The molecule has 1 aliphatic heterocycles. The first-order chi connectivity index (χ1) is 18.3. The highest BCUT2D eigenvalue weighted by molar-refractivity contribution is 6.35. The summed E-state index contributed by atoms with van der Waals surface area (Å²) in [6.45, 7) is 12.7. The maximum atomic E-state index is 12.0. The van der Waals surface area contributed by atoms with Crippen molar-refractivity contribution >= 4 is 35.0 Å². The van der Waals surface area contributed by atoms with Gasteiger partial charge in [0.1, 0.15) is 11.4 Å². The van der Waals surface area contributed by atoms with Gasteiger partial charge in [0, 0.05) is 67.6 Å². The molecule has 0 amide bonds. The lowest BCUT2D eigenvalue weighted by atomic mass is 9.98. The number of pyridine rings is 1. The molecule has 1 aliphatic rings. The third-order valence-electron chi connectivity index (χ3n) is 7.20. The lowest BCUT2D eigenvalue weighted by Gasteiger charge is -2.36. The third-order valence-corrected chi connectivity index (χ3v) is 7.91. The van der Waals surface area contributed by atoms with Crippen molar-refractivity contribution in [3.05, 3.63) is 92.6 Å². The van der Waals surface area contributed by atoms with E-state index >= 15 is 0 Å². The number of hydrogen-bond acceptors (Lipinski definition) is 5. The normalized spacial score (nSPS) is 14.4. The van der Waals surface area contributed by atoms with Gasteiger partial charge in [-0.15, -0.1) is 0 Å². The average molecular weight is 556 g/mol. The summed E-state index contributed by atoms with van der Waals surface area (Å²) in [5.41, 5.74) is 4.66. The van der Waals surface area contributed by atoms with Crippen LogP contribution in [-0.4, -0.2) is 58.6 Å². The molecular weight excluding hydrogens is 519 g/mol. The summed E-state index contributed by atoms with van der Waals surface area (Å²) < 4.78 is 0.